The molecule has 0 spiro atoms. The van der Waals surface area contributed by atoms with Gasteiger partial charge in [0, 0.05) is 12.6 Å². The molecule has 1 unspecified atom stereocenters. The minimum absolute atomic E-state index is 0.152. The number of rotatable bonds is 5. The number of benzene rings is 2. The van der Waals surface area contributed by atoms with E-state index in [9.17, 15) is 14.3 Å². The second-order valence-corrected chi connectivity index (χ2v) is 4.57. The van der Waals surface area contributed by atoms with Crippen molar-refractivity contribution in [3.63, 3.8) is 0 Å². The van der Waals surface area contributed by atoms with E-state index in [-0.39, 0.29) is 12.3 Å². The lowest BCUT2D eigenvalue weighted by atomic mass is 10.1. The lowest BCUT2D eigenvalue weighted by molar-refractivity contribution is -0.143. The van der Waals surface area contributed by atoms with Gasteiger partial charge in [0.15, 0.2) is 0 Å². The first-order valence-electron chi connectivity index (χ1n) is 6.44. The molecule has 110 valence electrons. The lowest BCUT2D eigenvalue weighted by Gasteiger charge is -2.17. The van der Waals surface area contributed by atoms with Gasteiger partial charge in [-0.3, -0.25) is 5.32 Å². The predicted octanol–water partition coefficient (Wildman–Crippen LogP) is 2.54. The number of esters is 1. The van der Waals surface area contributed by atoms with E-state index in [0.29, 0.717) is 5.56 Å². The smallest absolute Gasteiger partial charge is 0.327 e. The first-order chi connectivity index (χ1) is 10.1. The van der Waals surface area contributed by atoms with Gasteiger partial charge in [-0.2, -0.15) is 0 Å². The van der Waals surface area contributed by atoms with Gasteiger partial charge in [-0.25, -0.2) is 9.18 Å². The van der Waals surface area contributed by atoms with Gasteiger partial charge >= 0.3 is 5.97 Å². The average molecular weight is 289 g/mol. The topological polar surface area (TPSA) is 58.6 Å². The van der Waals surface area contributed by atoms with Gasteiger partial charge in [0.05, 0.1) is 7.11 Å². The van der Waals surface area contributed by atoms with Crippen LogP contribution in [0, 0.1) is 5.82 Å². The van der Waals surface area contributed by atoms with Gasteiger partial charge < -0.3 is 9.84 Å². The first-order valence-corrected chi connectivity index (χ1v) is 6.44. The summed E-state index contributed by atoms with van der Waals surface area (Å²) >= 11 is 0. The maximum atomic E-state index is 13.2. The van der Waals surface area contributed by atoms with Crippen LogP contribution < -0.4 is 5.32 Å². The summed E-state index contributed by atoms with van der Waals surface area (Å²) in [5.41, 5.74) is 1.29. The number of aromatic hydroxyl groups is 1. The molecule has 0 aliphatic rings. The second kappa shape index (κ2) is 6.85. The molecule has 2 aromatic rings. The standard InChI is InChI=1S/C16H16FNO3/c1-21-16(20)15(12-5-3-2-4-6-12)18-10-11-7-13(17)9-14(19)8-11/h2-9,15,18-19H,10H2,1H3. The molecule has 4 nitrogen and oxygen atoms in total. The predicted molar refractivity (Wildman–Crippen MR) is 76.1 cm³/mol. The number of hydrogen-bond acceptors (Lipinski definition) is 4. The van der Waals surface area contributed by atoms with Crippen molar-refractivity contribution in [2.75, 3.05) is 7.11 Å². The van der Waals surface area contributed by atoms with Crippen molar-refractivity contribution in [3.8, 4) is 5.75 Å². The molecule has 0 radical (unpaired) electrons. The summed E-state index contributed by atoms with van der Waals surface area (Å²) in [7, 11) is 1.31. The number of carbonyl (C=O) groups is 1. The van der Waals surface area contributed by atoms with E-state index in [0.717, 1.165) is 11.6 Å². The number of carbonyl (C=O) groups excluding carboxylic acids is 1. The van der Waals surface area contributed by atoms with Gasteiger partial charge in [0.1, 0.15) is 17.6 Å². The van der Waals surface area contributed by atoms with Crippen LogP contribution in [0.3, 0.4) is 0 Å². The fourth-order valence-electron chi connectivity index (χ4n) is 2.06. The Morgan fingerprint density at radius 3 is 2.62 bits per heavy atom. The zero-order valence-corrected chi connectivity index (χ0v) is 11.5. The number of halogens is 1. The van der Waals surface area contributed by atoms with E-state index in [2.05, 4.69) is 5.32 Å². The van der Waals surface area contributed by atoms with Crippen LogP contribution >= 0.6 is 0 Å². The molecule has 2 aromatic carbocycles. The highest BCUT2D eigenvalue weighted by atomic mass is 19.1. The highest BCUT2D eigenvalue weighted by molar-refractivity contribution is 5.77. The summed E-state index contributed by atoms with van der Waals surface area (Å²) in [4.78, 5) is 11.9. The summed E-state index contributed by atoms with van der Waals surface area (Å²) in [5, 5.41) is 12.4. The molecule has 0 amide bonds. The highest BCUT2D eigenvalue weighted by Crippen LogP contribution is 2.18. The van der Waals surface area contributed by atoms with Crippen molar-refractivity contribution in [1.82, 2.24) is 5.32 Å². The third kappa shape index (κ3) is 4.03. The summed E-state index contributed by atoms with van der Waals surface area (Å²) < 4.78 is 18.0. The van der Waals surface area contributed by atoms with Gasteiger partial charge in [-0.05, 0) is 23.3 Å². The molecule has 21 heavy (non-hydrogen) atoms. The summed E-state index contributed by atoms with van der Waals surface area (Å²) in [5.74, 6) is -1.11. The Hall–Kier alpha value is -2.40. The van der Waals surface area contributed by atoms with Gasteiger partial charge in [-0.1, -0.05) is 30.3 Å². The fourth-order valence-corrected chi connectivity index (χ4v) is 2.06. The molecule has 0 aromatic heterocycles. The Labute approximate surface area is 122 Å². The molecule has 0 saturated heterocycles. The maximum absolute atomic E-state index is 13.2. The molecule has 0 bridgehead atoms. The van der Waals surface area contributed by atoms with Crippen molar-refractivity contribution in [3.05, 3.63) is 65.5 Å². The Morgan fingerprint density at radius 1 is 1.29 bits per heavy atom. The van der Waals surface area contributed by atoms with Crippen LogP contribution in [0.2, 0.25) is 0 Å². The number of methoxy groups -OCH3 is 1. The second-order valence-electron chi connectivity index (χ2n) is 4.57. The van der Waals surface area contributed by atoms with E-state index in [1.54, 1.807) is 12.1 Å². The molecule has 0 aliphatic heterocycles. The molecular weight excluding hydrogens is 273 g/mol. The van der Waals surface area contributed by atoms with Crippen molar-refractivity contribution in [1.29, 1.82) is 0 Å². The van der Waals surface area contributed by atoms with Gasteiger partial charge in [0.2, 0.25) is 0 Å². The molecule has 2 rings (SSSR count). The van der Waals surface area contributed by atoms with Crippen LogP contribution in [0.4, 0.5) is 4.39 Å². The summed E-state index contributed by atoms with van der Waals surface area (Å²) in [6.07, 6.45) is 0. The molecular formula is C16H16FNO3. The third-order valence-electron chi connectivity index (χ3n) is 3.02. The normalized spacial score (nSPS) is 11.9. The summed E-state index contributed by atoms with van der Waals surface area (Å²) in [6.45, 7) is 0.222. The molecule has 1 atom stereocenters. The first kappa shape index (κ1) is 15.0. The molecule has 0 fully saturated rings. The Morgan fingerprint density at radius 2 is 2.00 bits per heavy atom. The highest BCUT2D eigenvalue weighted by Gasteiger charge is 2.20. The molecule has 2 N–H and O–H groups in total. The average Bonchev–Trinajstić information content (AvgIpc) is 2.47. The summed E-state index contributed by atoms with van der Waals surface area (Å²) in [6, 6.07) is 12.2. The number of hydrogen-bond donors (Lipinski definition) is 2. The Balaban J connectivity index is 2.14. The van der Waals surface area contributed by atoms with Crippen molar-refractivity contribution >= 4 is 5.97 Å². The van der Waals surface area contributed by atoms with Crippen LogP contribution in [0.1, 0.15) is 17.2 Å². The largest absolute Gasteiger partial charge is 0.508 e. The fraction of sp³-hybridized carbons (Fsp3) is 0.188. The number of phenols is 1. The van der Waals surface area contributed by atoms with Crippen LogP contribution in [0.25, 0.3) is 0 Å². The number of phenolic OH excluding ortho intramolecular Hbond substituents is 1. The van der Waals surface area contributed by atoms with Crippen LogP contribution in [0.5, 0.6) is 5.75 Å². The van der Waals surface area contributed by atoms with Crippen LogP contribution in [-0.2, 0) is 16.1 Å². The lowest BCUT2D eigenvalue weighted by Crippen LogP contribution is -2.29. The zero-order valence-electron chi connectivity index (χ0n) is 11.5. The minimum atomic E-state index is -0.651. The number of nitrogens with one attached hydrogen (secondary N) is 1. The monoisotopic (exact) mass is 289 g/mol. The van der Waals surface area contributed by atoms with E-state index in [4.69, 9.17) is 4.74 Å². The molecule has 0 saturated carbocycles. The van der Waals surface area contributed by atoms with Gasteiger partial charge in [0.25, 0.3) is 0 Å². The molecule has 0 heterocycles. The van der Waals surface area contributed by atoms with Crippen molar-refractivity contribution in [2.45, 2.75) is 12.6 Å². The Kier molecular flexibility index (Phi) is 4.90. The van der Waals surface area contributed by atoms with E-state index in [1.807, 2.05) is 18.2 Å². The van der Waals surface area contributed by atoms with Crippen molar-refractivity contribution < 1.29 is 19.0 Å². The zero-order chi connectivity index (χ0) is 15.2. The quantitative estimate of drug-likeness (QED) is 0.830. The van der Waals surface area contributed by atoms with E-state index < -0.39 is 17.8 Å². The van der Waals surface area contributed by atoms with Crippen LogP contribution in [0.15, 0.2) is 48.5 Å². The van der Waals surface area contributed by atoms with Gasteiger partial charge in [-0.15, -0.1) is 0 Å². The number of ether oxygens (including phenoxy) is 1. The van der Waals surface area contributed by atoms with E-state index >= 15 is 0 Å². The third-order valence-corrected chi connectivity index (χ3v) is 3.02. The SMILES string of the molecule is COC(=O)C(NCc1cc(O)cc(F)c1)c1ccccc1. The minimum Gasteiger partial charge on any atom is -0.508 e. The maximum Gasteiger partial charge on any atom is 0.327 e. The molecule has 5 heteroatoms. The van der Waals surface area contributed by atoms with E-state index in [1.165, 1.54) is 19.2 Å². The van der Waals surface area contributed by atoms with Crippen molar-refractivity contribution in [2.24, 2.45) is 0 Å². The molecule has 0 aliphatic carbocycles. The van der Waals surface area contributed by atoms with Crippen LogP contribution in [-0.4, -0.2) is 18.2 Å². The Bertz CT molecular complexity index is 596.